The molecule has 1 aliphatic carbocycles. The van der Waals surface area contributed by atoms with Crippen LogP contribution < -0.4 is 10.1 Å². The highest BCUT2D eigenvalue weighted by atomic mass is 35.5. The van der Waals surface area contributed by atoms with E-state index in [2.05, 4.69) is 24.4 Å². The van der Waals surface area contributed by atoms with Crippen molar-refractivity contribution in [2.24, 2.45) is 5.92 Å². The number of nitrogens with one attached hydrogen (secondary N) is 1. The Kier molecular flexibility index (Phi) is 4.30. The number of methoxy groups -OCH3 is 1. The first-order valence-electron chi connectivity index (χ1n) is 6.17. The summed E-state index contributed by atoms with van der Waals surface area (Å²) < 4.78 is 5.35. The number of benzene rings is 1. The van der Waals surface area contributed by atoms with Gasteiger partial charge in [-0.2, -0.15) is 0 Å². The van der Waals surface area contributed by atoms with Crippen LogP contribution in [0, 0.1) is 12.8 Å². The number of rotatable bonds is 5. The summed E-state index contributed by atoms with van der Waals surface area (Å²) in [5.41, 5.74) is 2.50. The Morgan fingerprint density at radius 3 is 2.82 bits per heavy atom. The van der Waals surface area contributed by atoms with E-state index >= 15 is 0 Å². The van der Waals surface area contributed by atoms with Crippen LogP contribution in [0.25, 0.3) is 0 Å². The zero-order valence-electron chi connectivity index (χ0n) is 10.5. The second kappa shape index (κ2) is 5.74. The molecule has 0 aliphatic heterocycles. The normalized spacial score (nSPS) is 23.2. The molecule has 1 fully saturated rings. The Morgan fingerprint density at radius 2 is 2.18 bits per heavy atom. The summed E-state index contributed by atoms with van der Waals surface area (Å²) in [5.74, 6) is 1.72. The van der Waals surface area contributed by atoms with E-state index in [-0.39, 0.29) is 0 Å². The Bertz CT molecular complexity index is 374. The second-order valence-electron chi connectivity index (χ2n) is 4.88. The van der Waals surface area contributed by atoms with Crippen LogP contribution in [-0.2, 0) is 6.54 Å². The molecule has 17 heavy (non-hydrogen) atoms. The highest BCUT2D eigenvalue weighted by molar-refractivity contribution is 6.21. The molecule has 0 unspecified atom stereocenters. The van der Waals surface area contributed by atoms with Crippen LogP contribution in [-0.4, -0.2) is 19.0 Å². The second-order valence-corrected chi connectivity index (χ2v) is 5.50. The monoisotopic (exact) mass is 253 g/mol. The molecule has 2 rings (SSSR count). The Balaban J connectivity index is 1.83. The molecule has 94 valence electrons. The van der Waals surface area contributed by atoms with Gasteiger partial charge < -0.3 is 10.1 Å². The van der Waals surface area contributed by atoms with Crippen LogP contribution in [0.5, 0.6) is 5.75 Å². The molecule has 2 nitrogen and oxygen atoms in total. The van der Waals surface area contributed by atoms with Gasteiger partial charge in [-0.3, -0.25) is 0 Å². The van der Waals surface area contributed by atoms with Gasteiger partial charge in [0, 0.05) is 17.5 Å². The van der Waals surface area contributed by atoms with E-state index in [4.69, 9.17) is 16.3 Å². The zero-order valence-corrected chi connectivity index (χ0v) is 11.3. The van der Waals surface area contributed by atoms with E-state index in [9.17, 15) is 0 Å². The smallest absolute Gasteiger partial charge is 0.123 e. The summed E-state index contributed by atoms with van der Waals surface area (Å²) in [6, 6.07) is 6.29. The maximum atomic E-state index is 5.96. The fourth-order valence-corrected chi connectivity index (χ4v) is 2.78. The van der Waals surface area contributed by atoms with Crippen molar-refractivity contribution in [1.82, 2.24) is 5.32 Å². The maximum absolute atomic E-state index is 5.96. The number of ether oxygens (including phenoxy) is 1. The summed E-state index contributed by atoms with van der Waals surface area (Å²) in [7, 11) is 1.72. The van der Waals surface area contributed by atoms with Crippen molar-refractivity contribution in [2.45, 2.75) is 31.7 Å². The lowest BCUT2D eigenvalue weighted by Gasteiger charge is -2.31. The maximum Gasteiger partial charge on any atom is 0.123 e. The first-order chi connectivity index (χ1) is 8.19. The molecule has 0 bridgehead atoms. The molecule has 0 radical (unpaired) electrons. The summed E-state index contributed by atoms with van der Waals surface area (Å²) in [6.45, 7) is 4.03. The van der Waals surface area contributed by atoms with E-state index < -0.39 is 0 Å². The molecule has 1 aromatic carbocycles. The van der Waals surface area contributed by atoms with E-state index in [0.29, 0.717) is 5.38 Å². The molecule has 1 saturated carbocycles. The standard InChI is InChI=1S/C14H20ClNO/c1-10-3-4-14(17-2)12(5-10)9-16-8-11-6-13(15)7-11/h3-5,11,13,16H,6-9H2,1-2H3. The van der Waals surface area contributed by atoms with Crippen LogP contribution in [0.2, 0.25) is 0 Å². The van der Waals surface area contributed by atoms with Crippen molar-refractivity contribution >= 4 is 11.6 Å². The first kappa shape index (κ1) is 12.7. The van der Waals surface area contributed by atoms with Gasteiger partial charge in [-0.25, -0.2) is 0 Å². The molecule has 3 heteroatoms. The molecule has 0 aromatic heterocycles. The quantitative estimate of drug-likeness (QED) is 0.815. The summed E-state index contributed by atoms with van der Waals surface area (Å²) in [4.78, 5) is 0. The Hall–Kier alpha value is -0.730. The predicted molar refractivity (Wildman–Crippen MR) is 71.8 cm³/mol. The predicted octanol–water partition coefficient (Wildman–Crippen LogP) is 3.11. The van der Waals surface area contributed by atoms with Crippen molar-refractivity contribution in [3.63, 3.8) is 0 Å². The molecule has 0 atom stereocenters. The van der Waals surface area contributed by atoms with Crippen molar-refractivity contribution in [3.8, 4) is 5.75 Å². The molecule has 1 aliphatic rings. The third kappa shape index (κ3) is 3.36. The number of halogens is 1. The van der Waals surface area contributed by atoms with Crippen LogP contribution in [0.1, 0.15) is 24.0 Å². The Labute approximate surface area is 108 Å². The van der Waals surface area contributed by atoms with Gasteiger partial charge in [-0.1, -0.05) is 17.7 Å². The summed E-state index contributed by atoms with van der Waals surface area (Å²) in [6.07, 6.45) is 2.30. The molecular weight excluding hydrogens is 234 g/mol. The molecule has 0 amide bonds. The number of hydrogen-bond acceptors (Lipinski definition) is 2. The van der Waals surface area contributed by atoms with Gasteiger partial charge >= 0.3 is 0 Å². The Morgan fingerprint density at radius 1 is 1.41 bits per heavy atom. The van der Waals surface area contributed by atoms with Crippen LogP contribution in [0.3, 0.4) is 0 Å². The van der Waals surface area contributed by atoms with E-state index in [1.54, 1.807) is 7.11 Å². The fourth-order valence-electron chi connectivity index (χ4n) is 2.28. The van der Waals surface area contributed by atoms with Crippen LogP contribution in [0.15, 0.2) is 18.2 Å². The minimum Gasteiger partial charge on any atom is -0.496 e. The van der Waals surface area contributed by atoms with Crippen molar-refractivity contribution in [2.75, 3.05) is 13.7 Å². The number of alkyl halides is 1. The van der Waals surface area contributed by atoms with Crippen LogP contribution >= 0.6 is 11.6 Å². The lowest BCUT2D eigenvalue weighted by molar-refractivity contribution is 0.307. The average molecular weight is 254 g/mol. The first-order valence-corrected chi connectivity index (χ1v) is 6.61. The minimum atomic E-state index is 0.412. The van der Waals surface area contributed by atoms with E-state index in [1.807, 2.05) is 6.07 Å². The highest BCUT2D eigenvalue weighted by Gasteiger charge is 2.26. The number of hydrogen-bond donors (Lipinski definition) is 1. The average Bonchev–Trinajstić information content (AvgIpc) is 2.27. The van der Waals surface area contributed by atoms with Crippen molar-refractivity contribution < 1.29 is 4.74 Å². The third-order valence-corrected chi connectivity index (χ3v) is 3.72. The molecule has 0 heterocycles. The lowest BCUT2D eigenvalue weighted by Crippen LogP contribution is -2.33. The molecule has 0 saturated heterocycles. The lowest BCUT2D eigenvalue weighted by atomic mass is 9.85. The zero-order chi connectivity index (χ0) is 12.3. The third-order valence-electron chi connectivity index (χ3n) is 3.36. The highest BCUT2D eigenvalue weighted by Crippen LogP contribution is 2.31. The molecular formula is C14H20ClNO. The van der Waals surface area contributed by atoms with Gasteiger partial charge in [0.1, 0.15) is 5.75 Å². The van der Waals surface area contributed by atoms with Crippen LogP contribution in [0.4, 0.5) is 0 Å². The topological polar surface area (TPSA) is 21.3 Å². The van der Waals surface area contributed by atoms with E-state index in [0.717, 1.165) is 37.6 Å². The van der Waals surface area contributed by atoms with Gasteiger partial charge in [0.15, 0.2) is 0 Å². The van der Waals surface area contributed by atoms with Gasteiger partial charge in [-0.15, -0.1) is 11.6 Å². The minimum absolute atomic E-state index is 0.412. The molecule has 1 aromatic rings. The van der Waals surface area contributed by atoms with Crippen molar-refractivity contribution in [3.05, 3.63) is 29.3 Å². The van der Waals surface area contributed by atoms with Crippen molar-refractivity contribution in [1.29, 1.82) is 0 Å². The summed E-state index contributed by atoms with van der Waals surface area (Å²) in [5, 5.41) is 3.90. The van der Waals surface area contributed by atoms with Gasteiger partial charge in [0.25, 0.3) is 0 Å². The SMILES string of the molecule is COc1ccc(C)cc1CNCC1CC(Cl)C1. The van der Waals surface area contributed by atoms with E-state index in [1.165, 1.54) is 11.1 Å². The largest absolute Gasteiger partial charge is 0.496 e. The molecule has 0 spiro atoms. The summed E-state index contributed by atoms with van der Waals surface area (Å²) >= 11 is 5.96. The van der Waals surface area contributed by atoms with Gasteiger partial charge in [0.05, 0.1) is 7.11 Å². The fraction of sp³-hybridized carbons (Fsp3) is 0.571. The number of aryl methyl sites for hydroxylation is 1. The van der Waals surface area contributed by atoms with Gasteiger partial charge in [-0.05, 0) is 38.3 Å². The molecule has 1 N–H and O–H groups in total. The van der Waals surface area contributed by atoms with Gasteiger partial charge in [0.2, 0.25) is 0 Å².